The molecule has 116 valence electrons. The van der Waals surface area contributed by atoms with Crippen LogP contribution in [0.4, 0.5) is 0 Å². The summed E-state index contributed by atoms with van der Waals surface area (Å²) in [6, 6.07) is 12.0. The van der Waals surface area contributed by atoms with Gasteiger partial charge in [-0.2, -0.15) is 0 Å². The quantitative estimate of drug-likeness (QED) is 0.903. The third kappa shape index (κ3) is 3.48. The number of carbonyl (C=O) groups is 1. The summed E-state index contributed by atoms with van der Waals surface area (Å²) in [7, 11) is 0. The first-order chi connectivity index (χ1) is 10.4. The minimum absolute atomic E-state index is 0.406. The van der Waals surface area contributed by atoms with E-state index in [1.54, 1.807) is 6.07 Å². The van der Waals surface area contributed by atoms with Gasteiger partial charge in [0, 0.05) is 5.56 Å². The standard InChI is InChI=1S/C19H23NO2/c1-12(2)16-7-5-15(6-8-16)11-22-18-10-9-17(19(20)21)13(3)14(18)4/h5-10,12H,11H2,1-4H3,(H2,20,21). The Bertz CT molecular complexity index is 673. The summed E-state index contributed by atoms with van der Waals surface area (Å²) in [6.45, 7) is 8.70. The smallest absolute Gasteiger partial charge is 0.248 e. The van der Waals surface area contributed by atoms with Gasteiger partial charge in [-0.25, -0.2) is 0 Å². The molecule has 3 nitrogen and oxygen atoms in total. The first-order valence-corrected chi connectivity index (χ1v) is 7.51. The minimum atomic E-state index is -0.406. The number of hydrogen-bond donors (Lipinski definition) is 1. The molecule has 0 atom stereocenters. The fourth-order valence-corrected chi connectivity index (χ4v) is 2.38. The van der Waals surface area contributed by atoms with E-state index in [0.29, 0.717) is 18.1 Å². The van der Waals surface area contributed by atoms with Crippen LogP contribution in [0, 0.1) is 13.8 Å². The Balaban J connectivity index is 2.11. The summed E-state index contributed by atoms with van der Waals surface area (Å²) in [5.41, 5.74) is 10.2. The second-order valence-corrected chi connectivity index (χ2v) is 5.91. The summed E-state index contributed by atoms with van der Waals surface area (Å²) >= 11 is 0. The molecule has 0 fully saturated rings. The lowest BCUT2D eigenvalue weighted by atomic mass is 10.0. The summed E-state index contributed by atoms with van der Waals surface area (Å²) in [5.74, 6) is 0.910. The van der Waals surface area contributed by atoms with Crippen LogP contribution in [0.25, 0.3) is 0 Å². The maximum Gasteiger partial charge on any atom is 0.248 e. The van der Waals surface area contributed by atoms with E-state index in [4.69, 9.17) is 10.5 Å². The van der Waals surface area contributed by atoms with Gasteiger partial charge in [-0.1, -0.05) is 38.1 Å². The molecule has 3 heteroatoms. The molecule has 0 radical (unpaired) electrons. The van der Waals surface area contributed by atoms with Crippen molar-refractivity contribution in [2.75, 3.05) is 0 Å². The van der Waals surface area contributed by atoms with Crippen molar-refractivity contribution in [3.63, 3.8) is 0 Å². The Morgan fingerprint density at radius 2 is 1.68 bits per heavy atom. The molecule has 0 bridgehead atoms. The van der Waals surface area contributed by atoms with Crippen LogP contribution in [-0.4, -0.2) is 5.91 Å². The molecule has 0 aliphatic rings. The molecule has 2 aromatic carbocycles. The third-order valence-corrected chi connectivity index (χ3v) is 4.04. The zero-order valence-corrected chi connectivity index (χ0v) is 13.6. The number of amides is 1. The number of ether oxygens (including phenoxy) is 1. The van der Waals surface area contributed by atoms with E-state index in [9.17, 15) is 4.79 Å². The SMILES string of the molecule is Cc1c(OCc2ccc(C(C)C)cc2)ccc(C(N)=O)c1C. The highest BCUT2D eigenvalue weighted by Crippen LogP contribution is 2.25. The Kier molecular flexibility index (Phi) is 4.86. The fraction of sp³-hybridized carbons (Fsp3) is 0.316. The summed E-state index contributed by atoms with van der Waals surface area (Å²) < 4.78 is 5.89. The van der Waals surface area contributed by atoms with Crippen molar-refractivity contribution in [1.29, 1.82) is 0 Å². The molecular weight excluding hydrogens is 274 g/mol. The summed E-state index contributed by atoms with van der Waals surface area (Å²) in [5, 5.41) is 0. The van der Waals surface area contributed by atoms with Crippen LogP contribution in [0.1, 0.15) is 52.4 Å². The molecule has 2 rings (SSSR count). The zero-order valence-electron chi connectivity index (χ0n) is 13.6. The van der Waals surface area contributed by atoms with Crippen molar-refractivity contribution in [3.05, 3.63) is 64.2 Å². The van der Waals surface area contributed by atoms with Gasteiger partial charge in [0.2, 0.25) is 5.91 Å². The van der Waals surface area contributed by atoms with Crippen LogP contribution in [0.2, 0.25) is 0 Å². The van der Waals surface area contributed by atoms with E-state index < -0.39 is 5.91 Å². The van der Waals surface area contributed by atoms with Gasteiger partial charge in [0.1, 0.15) is 12.4 Å². The lowest BCUT2D eigenvalue weighted by molar-refractivity contribution is 0.0999. The zero-order chi connectivity index (χ0) is 16.3. The van der Waals surface area contributed by atoms with E-state index in [0.717, 1.165) is 22.4 Å². The molecule has 0 unspecified atom stereocenters. The third-order valence-electron chi connectivity index (χ3n) is 4.04. The van der Waals surface area contributed by atoms with Crippen LogP contribution in [0.15, 0.2) is 36.4 Å². The topological polar surface area (TPSA) is 52.3 Å². The number of carbonyl (C=O) groups excluding carboxylic acids is 1. The predicted molar refractivity (Wildman–Crippen MR) is 89.3 cm³/mol. The summed E-state index contributed by atoms with van der Waals surface area (Å²) in [4.78, 5) is 11.3. The molecule has 0 saturated heterocycles. The van der Waals surface area contributed by atoms with Gasteiger partial charge in [-0.05, 0) is 54.2 Å². The Labute approximate surface area is 132 Å². The van der Waals surface area contributed by atoms with Crippen LogP contribution in [0.5, 0.6) is 5.75 Å². The van der Waals surface area contributed by atoms with Gasteiger partial charge < -0.3 is 10.5 Å². The largest absolute Gasteiger partial charge is 0.489 e. The lowest BCUT2D eigenvalue weighted by Crippen LogP contribution is -2.13. The van der Waals surface area contributed by atoms with Gasteiger partial charge in [-0.3, -0.25) is 4.79 Å². The van der Waals surface area contributed by atoms with Gasteiger partial charge in [0.05, 0.1) is 0 Å². The average Bonchev–Trinajstić information content (AvgIpc) is 2.48. The summed E-state index contributed by atoms with van der Waals surface area (Å²) in [6.07, 6.45) is 0. The van der Waals surface area contributed by atoms with Crippen molar-refractivity contribution < 1.29 is 9.53 Å². The fourth-order valence-electron chi connectivity index (χ4n) is 2.38. The molecule has 2 N–H and O–H groups in total. The number of benzene rings is 2. The predicted octanol–water partition coefficient (Wildman–Crippen LogP) is 4.10. The number of nitrogens with two attached hydrogens (primary N) is 1. The Morgan fingerprint density at radius 3 is 2.23 bits per heavy atom. The first-order valence-electron chi connectivity index (χ1n) is 7.51. The highest BCUT2D eigenvalue weighted by Gasteiger charge is 2.11. The average molecular weight is 297 g/mol. The van der Waals surface area contributed by atoms with E-state index in [2.05, 4.69) is 38.1 Å². The van der Waals surface area contributed by atoms with Gasteiger partial charge in [0.15, 0.2) is 0 Å². The van der Waals surface area contributed by atoms with E-state index >= 15 is 0 Å². The molecular formula is C19H23NO2. The van der Waals surface area contributed by atoms with Crippen molar-refractivity contribution in [3.8, 4) is 5.75 Å². The lowest BCUT2D eigenvalue weighted by Gasteiger charge is -2.13. The van der Waals surface area contributed by atoms with Crippen LogP contribution in [-0.2, 0) is 6.61 Å². The number of hydrogen-bond acceptors (Lipinski definition) is 2. The van der Waals surface area contributed by atoms with Crippen molar-refractivity contribution in [2.45, 2.75) is 40.2 Å². The Morgan fingerprint density at radius 1 is 1.05 bits per heavy atom. The van der Waals surface area contributed by atoms with Gasteiger partial charge in [0.25, 0.3) is 0 Å². The second-order valence-electron chi connectivity index (χ2n) is 5.91. The molecule has 2 aromatic rings. The first kappa shape index (κ1) is 16.1. The number of primary amides is 1. The van der Waals surface area contributed by atoms with E-state index in [-0.39, 0.29) is 0 Å². The van der Waals surface area contributed by atoms with Crippen LogP contribution in [0.3, 0.4) is 0 Å². The van der Waals surface area contributed by atoms with Crippen molar-refractivity contribution in [1.82, 2.24) is 0 Å². The maximum atomic E-state index is 11.3. The van der Waals surface area contributed by atoms with Gasteiger partial charge >= 0.3 is 0 Å². The molecule has 22 heavy (non-hydrogen) atoms. The van der Waals surface area contributed by atoms with E-state index in [1.165, 1.54) is 5.56 Å². The molecule has 0 spiro atoms. The normalized spacial score (nSPS) is 10.8. The molecule has 0 aliphatic heterocycles. The molecule has 0 aromatic heterocycles. The highest BCUT2D eigenvalue weighted by atomic mass is 16.5. The molecule has 0 heterocycles. The Hall–Kier alpha value is -2.29. The molecule has 0 aliphatic carbocycles. The van der Waals surface area contributed by atoms with Crippen LogP contribution >= 0.6 is 0 Å². The van der Waals surface area contributed by atoms with E-state index in [1.807, 2.05) is 19.9 Å². The van der Waals surface area contributed by atoms with Crippen molar-refractivity contribution in [2.24, 2.45) is 5.73 Å². The van der Waals surface area contributed by atoms with Crippen molar-refractivity contribution >= 4 is 5.91 Å². The minimum Gasteiger partial charge on any atom is -0.489 e. The monoisotopic (exact) mass is 297 g/mol. The maximum absolute atomic E-state index is 11.3. The van der Waals surface area contributed by atoms with Crippen LogP contribution < -0.4 is 10.5 Å². The van der Waals surface area contributed by atoms with Gasteiger partial charge in [-0.15, -0.1) is 0 Å². The number of rotatable bonds is 5. The highest BCUT2D eigenvalue weighted by molar-refractivity contribution is 5.94. The molecule has 1 amide bonds. The molecule has 0 saturated carbocycles. The second kappa shape index (κ2) is 6.65.